The first-order chi connectivity index (χ1) is 10.5. The minimum absolute atomic E-state index is 0.0873. The van der Waals surface area contributed by atoms with Crippen molar-refractivity contribution in [3.05, 3.63) is 28.1 Å². The van der Waals surface area contributed by atoms with Gasteiger partial charge in [0.1, 0.15) is 10.9 Å². The third-order valence-corrected chi connectivity index (χ3v) is 7.21. The molecular formula is C13H18N2O4S3. The number of methoxy groups -OCH3 is 1. The molecule has 0 aliphatic rings. The SMILES string of the molecule is COCCOCN(c1nc(C)c(C)s1)S(=O)(=O)c1cccs1. The number of anilines is 1. The van der Waals surface area contributed by atoms with Crippen LogP contribution in [0.5, 0.6) is 0 Å². The highest BCUT2D eigenvalue weighted by Gasteiger charge is 2.28. The third kappa shape index (κ3) is 3.85. The number of rotatable bonds is 8. The van der Waals surface area contributed by atoms with Gasteiger partial charge in [-0.05, 0) is 25.3 Å². The molecule has 0 fully saturated rings. The van der Waals surface area contributed by atoms with Crippen LogP contribution in [-0.2, 0) is 19.5 Å². The van der Waals surface area contributed by atoms with Crippen molar-refractivity contribution in [2.75, 3.05) is 31.4 Å². The van der Waals surface area contributed by atoms with Crippen LogP contribution in [0.15, 0.2) is 21.7 Å². The minimum atomic E-state index is -3.67. The zero-order valence-corrected chi connectivity index (χ0v) is 15.1. The molecule has 122 valence electrons. The molecule has 0 spiro atoms. The van der Waals surface area contributed by atoms with Crippen LogP contribution in [0.1, 0.15) is 10.6 Å². The second kappa shape index (κ2) is 7.51. The zero-order valence-electron chi connectivity index (χ0n) is 12.6. The summed E-state index contributed by atoms with van der Waals surface area (Å²) in [6.07, 6.45) is 0. The highest BCUT2D eigenvalue weighted by Crippen LogP contribution is 2.31. The molecule has 0 amide bonds. The van der Waals surface area contributed by atoms with Crippen molar-refractivity contribution in [2.45, 2.75) is 18.1 Å². The fraction of sp³-hybridized carbons (Fsp3) is 0.462. The number of nitrogens with zero attached hydrogens (tertiary/aromatic N) is 2. The van der Waals surface area contributed by atoms with Crippen LogP contribution in [0.3, 0.4) is 0 Å². The van der Waals surface area contributed by atoms with Crippen LogP contribution in [0.4, 0.5) is 5.13 Å². The average Bonchev–Trinajstić information content (AvgIpc) is 3.10. The summed E-state index contributed by atoms with van der Waals surface area (Å²) in [7, 11) is -2.10. The van der Waals surface area contributed by atoms with Crippen molar-refractivity contribution in [1.82, 2.24) is 4.98 Å². The maximum absolute atomic E-state index is 12.8. The second-order valence-electron chi connectivity index (χ2n) is 4.45. The number of thiazole rings is 1. The van der Waals surface area contributed by atoms with E-state index in [9.17, 15) is 8.42 Å². The van der Waals surface area contributed by atoms with Gasteiger partial charge in [0.15, 0.2) is 0 Å². The maximum atomic E-state index is 12.8. The molecule has 2 heterocycles. The molecule has 2 rings (SSSR count). The number of aryl methyl sites for hydroxylation is 2. The molecule has 9 heteroatoms. The van der Waals surface area contributed by atoms with E-state index in [0.717, 1.165) is 10.6 Å². The van der Waals surface area contributed by atoms with Gasteiger partial charge >= 0.3 is 0 Å². The molecule has 6 nitrogen and oxygen atoms in total. The van der Waals surface area contributed by atoms with E-state index >= 15 is 0 Å². The number of aromatic nitrogens is 1. The van der Waals surface area contributed by atoms with Gasteiger partial charge < -0.3 is 9.47 Å². The van der Waals surface area contributed by atoms with Gasteiger partial charge in [0.05, 0.1) is 18.9 Å². The lowest BCUT2D eigenvalue weighted by Gasteiger charge is -2.20. The summed E-state index contributed by atoms with van der Waals surface area (Å²) in [4.78, 5) is 5.33. The smallest absolute Gasteiger partial charge is 0.277 e. The molecule has 0 bridgehead atoms. The van der Waals surface area contributed by atoms with Gasteiger partial charge in [-0.15, -0.1) is 22.7 Å². The van der Waals surface area contributed by atoms with E-state index in [1.165, 1.54) is 27.0 Å². The second-order valence-corrected chi connectivity index (χ2v) is 8.67. The lowest BCUT2D eigenvalue weighted by Crippen LogP contribution is -2.33. The molecule has 0 aromatic carbocycles. The third-order valence-electron chi connectivity index (χ3n) is 2.91. The lowest BCUT2D eigenvalue weighted by molar-refractivity contribution is 0.0756. The largest absolute Gasteiger partial charge is 0.382 e. The summed E-state index contributed by atoms with van der Waals surface area (Å²) >= 11 is 2.51. The summed E-state index contributed by atoms with van der Waals surface area (Å²) in [6.45, 7) is 4.41. The topological polar surface area (TPSA) is 68.7 Å². The fourth-order valence-electron chi connectivity index (χ4n) is 1.60. The molecule has 0 N–H and O–H groups in total. The number of thiophene rings is 1. The molecule has 2 aromatic rings. The van der Waals surface area contributed by atoms with Gasteiger partial charge in [-0.1, -0.05) is 6.07 Å². The quantitative estimate of drug-likeness (QED) is 0.533. The van der Waals surface area contributed by atoms with Crippen LogP contribution in [0.2, 0.25) is 0 Å². The van der Waals surface area contributed by atoms with Gasteiger partial charge in [-0.2, -0.15) is 0 Å². The first-order valence-corrected chi connectivity index (χ1v) is 9.67. The van der Waals surface area contributed by atoms with Crippen molar-refractivity contribution >= 4 is 37.8 Å². The fourth-order valence-corrected chi connectivity index (χ4v) is 5.11. The Balaban J connectivity index is 2.29. The molecule has 0 saturated carbocycles. The predicted octanol–water partition coefficient (Wildman–Crippen LogP) is 2.64. The standard InChI is InChI=1S/C13H18N2O4S3/c1-10-11(2)21-13(14-10)15(9-19-7-6-18-3)22(16,17)12-5-4-8-20-12/h4-5,8H,6-7,9H2,1-3H3. The van der Waals surface area contributed by atoms with Crippen LogP contribution in [0.25, 0.3) is 0 Å². The van der Waals surface area contributed by atoms with E-state index in [1.54, 1.807) is 24.6 Å². The Bertz CT molecular complexity index is 675. The summed E-state index contributed by atoms with van der Waals surface area (Å²) < 4.78 is 37.3. The van der Waals surface area contributed by atoms with Crippen LogP contribution >= 0.6 is 22.7 Å². The highest BCUT2D eigenvalue weighted by molar-refractivity contribution is 7.94. The van der Waals surface area contributed by atoms with E-state index in [1.807, 2.05) is 13.8 Å². The molecule has 0 radical (unpaired) electrons. The van der Waals surface area contributed by atoms with Crippen LogP contribution in [-0.4, -0.2) is 40.5 Å². The van der Waals surface area contributed by atoms with E-state index < -0.39 is 10.0 Å². The lowest BCUT2D eigenvalue weighted by atomic mass is 10.4. The van der Waals surface area contributed by atoms with E-state index in [-0.39, 0.29) is 10.9 Å². The van der Waals surface area contributed by atoms with Crippen LogP contribution < -0.4 is 4.31 Å². The molecule has 0 atom stereocenters. The van der Waals surface area contributed by atoms with E-state index in [0.29, 0.717) is 18.3 Å². The Hall–Kier alpha value is -1.00. The Morgan fingerprint density at radius 1 is 1.32 bits per heavy atom. The van der Waals surface area contributed by atoms with Crippen molar-refractivity contribution in [3.63, 3.8) is 0 Å². The molecule has 2 aromatic heterocycles. The zero-order chi connectivity index (χ0) is 16.2. The van der Waals surface area contributed by atoms with Gasteiger partial charge in [0.2, 0.25) is 5.13 Å². The molecule has 0 saturated heterocycles. The Morgan fingerprint density at radius 3 is 2.64 bits per heavy atom. The van der Waals surface area contributed by atoms with Gasteiger partial charge in [-0.25, -0.2) is 17.7 Å². The average molecular weight is 362 g/mol. The summed E-state index contributed by atoms with van der Waals surface area (Å²) in [5.74, 6) is 0. The Morgan fingerprint density at radius 2 is 2.09 bits per heavy atom. The molecular weight excluding hydrogens is 344 g/mol. The van der Waals surface area contributed by atoms with Crippen molar-refractivity contribution < 1.29 is 17.9 Å². The molecule has 0 unspecified atom stereocenters. The van der Waals surface area contributed by atoms with Gasteiger partial charge in [0, 0.05) is 12.0 Å². The number of hydrogen-bond donors (Lipinski definition) is 0. The van der Waals surface area contributed by atoms with Gasteiger partial charge in [0.25, 0.3) is 10.0 Å². The number of ether oxygens (including phenoxy) is 2. The maximum Gasteiger partial charge on any atom is 0.277 e. The Labute approximate surface area is 138 Å². The summed E-state index contributed by atoms with van der Waals surface area (Å²) in [5.41, 5.74) is 0.822. The van der Waals surface area contributed by atoms with E-state index in [4.69, 9.17) is 9.47 Å². The monoisotopic (exact) mass is 362 g/mol. The van der Waals surface area contributed by atoms with Crippen molar-refractivity contribution in [1.29, 1.82) is 0 Å². The predicted molar refractivity (Wildman–Crippen MR) is 88.3 cm³/mol. The highest BCUT2D eigenvalue weighted by atomic mass is 32.2. The van der Waals surface area contributed by atoms with Crippen molar-refractivity contribution in [3.8, 4) is 0 Å². The Kier molecular flexibility index (Phi) is 5.93. The molecule has 0 aliphatic carbocycles. The van der Waals surface area contributed by atoms with Crippen molar-refractivity contribution in [2.24, 2.45) is 0 Å². The normalized spacial score (nSPS) is 11.8. The number of sulfonamides is 1. The molecule has 22 heavy (non-hydrogen) atoms. The first-order valence-electron chi connectivity index (χ1n) is 6.53. The number of hydrogen-bond acceptors (Lipinski definition) is 7. The van der Waals surface area contributed by atoms with Crippen LogP contribution in [0, 0.1) is 13.8 Å². The molecule has 0 aliphatic heterocycles. The summed E-state index contributed by atoms with van der Waals surface area (Å²) in [6, 6.07) is 3.29. The van der Waals surface area contributed by atoms with Gasteiger partial charge in [-0.3, -0.25) is 0 Å². The summed E-state index contributed by atoms with van der Waals surface area (Å²) in [5, 5.41) is 2.15. The minimum Gasteiger partial charge on any atom is -0.382 e. The van der Waals surface area contributed by atoms with E-state index in [2.05, 4.69) is 4.98 Å². The first kappa shape index (κ1) is 17.4.